The van der Waals surface area contributed by atoms with Crippen LogP contribution in [0.3, 0.4) is 0 Å². The van der Waals surface area contributed by atoms with Gasteiger partial charge in [0.15, 0.2) is 0 Å². The number of sulfonamides is 1. The normalized spacial score (nSPS) is 26.2. The van der Waals surface area contributed by atoms with Gasteiger partial charge in [-0.25, -0.2) is 8.42 Å². The molecule has 2 atom stereocenters. The number of nitrogens with zero attached hydrogens (tertiary/aromatic N) is 2. The molecule has 0 bridgehead atoms. The quantitative estimate of drug-likeness (QED) is 0.824. The molecule has 0 N–H and O–H groups in total. The predicted molar refractivity (Wildman–Crippen MR) is 106 cm³/mol. The lowest BCUT2D eigenvalue weighted by Gasteiger charge is -2.41. The fourth-order valence-corrected chi connectivity index (χ4v) is 5.98. The van der Waals surface area contributed by atoms with Gasteiger partial charge in [-0.1, -0.05) is 50.1 Å². The van der Waals surface area contributed by atoms with Gasteiger partial charge in [0.1, 0.15) is 0 Å². The summed E-state index contributed by atoms with van der Waals surface area (Å²) in [6, 6.07) is 14.0. The maximum Gasteiger partial charge on any atom is 0.243 e. The van der Waals surface area contributed by atoms with E-state index in [-0.39, 0.29) is 0 Å². The van der Waals surface area contributed by atoms with E-state index >= 15 is 0 Å². The molecule has 2 aliphatic rings. The first-order valence-electron chi connectivity index (χ1n) is 9.77. The van der Waals surface area contributed by atoms with Crippen molar-refractivity contribution in [2.45, 2.75) is 43.5 Å². The molecular formula is C21H28N2O2S. The summed E-state index contributed by atoms with van der Waals surface area (Å²) >= 11 is 0. The summed E-state index contributed by atoms with van der Waals surface area (Å²) in [5.74, 6) is 0.799. The molecule has 1 heterocycles. The zero-order chi connectivity index (χ0) is 18.1. The van der Waals surface area contributed by atoms with Gasteiger partial charge in [0, 0.05) is 32.2 Å². The second-order valence-corrected chi connectivity index (χ2v) is 9.81. The lowest BCUT2D eigenvalue weighted by atomic mass is 9.86. The fraction of sp³-hybridized carbons (Fsp3) is 0.524. The van der Waals surface area contributed by atoms with Crippen molar-refractivity contribution in [1.29, 1.82) is 0 Å². The molecule has 0 spiro atoms. The highest BCUT2D eigenvalue weighted by molar-refractivity contribution is 7.89. The van der Waals surface area contributed by atoms with Gasteiger partial charge in [-0.2, -0.15) is 4.31 Å². The van der Waals surface area contributed by atoms with Gasteiger partial charge >= 0.3 is 0 Å². The number of rotatable bonds is 3. The van der Waals surface area contributed by atoms with Crippen molar-refractivity contribution < 1.29 is 8.42 Å². The third-order valence-corrected chi connectivity index (χ3v) is 7.95. The Morgan fingerprint density at radius 3 is 2.38 bits per heavy atom. The average molecular weight is 373 g/mol. The summed E-state index contributed by atoms with van der Waals surface area (Å²) in [5.41, 5.74) is 0. The highest BCUT2D eigenvalue weighted by Crippen LogP contribution is 2.29. The Morgan fingerprint density at radius 1 is 0.923 bits per heavy atom. The second-order valence-electron chi connectivity index (χ2n) is 7.87. The van der Waals surface area contributed by atoms with Crippen molar-refractivity contribution in [1.82, 2.24) is 9.21 Å². The minimum absolute atomic E-state index is 0.413. The Kier molecular flexibility index (Phi) is 5.04. The van der Waals surface area contributed by atoms with Crippen LogP contribution in [0.1, 0.15) is 32.6 Å². The minimum atomic E-state index is -3.41. The number of hydrogen-bond acceptors (Lipinski definition) is 3. The predicted octanol–water partition coefficient (Wildman–Crippen LogP) is 3.72. The summed E-state index contributed by atoms with van der Waals surface area (Å²) in [6.07, 6.45) is 5.17. The van der Waals surface area contributed by atoms with E-state index < -0.39 is 10.0 Å². The lowest BCUT2D eigenvalue weighted by molar-refractivity contribution is 0.0967. The van der Waals surface area contributed by atoms with Crippen LogP contribution in [0.15, 0.2) is 47.4 Å². The highest BCUT2D eigenvalue weighted by Gasteiger charge is 2.32. The number of piperazine rings is 1. The molecule has 2 unspecified atom stereocenters. The Bertz CT molecular complexity index is 872. The van der Waals surface area contributed by atoms with E-state index in [1.807, 2.05) is 30.3 Å². The van der Waals surface area contributed by atoms with E-state index in [9.17, 15) is 8.42 Å². The smallest absolute Gasteiger partial charge is 0.243 e. The fourth-order valence-electron chi connectivity index (χ4n) is 4.52. The number of hydrogen-bond donors (Lipinski definition) is 0. The monoisotopic (exact) mass is 372 g/mol. The molecule has 0 radical (unpaired) electrons. The Labute approximate surface area is 156 Å². The van der Waals surface area contributed by atoms with Crippen LogP contribution >= 0.6 is 0 Å². The van der Waals surface area contributed by atoms with E-state index in [1.165, 1.54) is 25.7 Å². The number of benzene rings is 2. The summed E-state index contributed by atoms with van der Waals surface area (Å²) in [7, 11) is -3.41. The van der Waals surface area contributed by atoms with Crippen LogP contribution in [0, 0.1) is 5.92 Å². The Balaban J connectivity index is 1.47. The molecule has 140 valence electrons. The zero-order valence-corrected chi connectivity index (χ0v) is 16.3. The molecule has 1 saturated heterocycles. The molecule has 2 aromatic rings. The molecule has 1 saturated carbocycles. The van der Waals surface area contributed by atoms with Crippen LogP contribution < -0.4 is 0 Å². The largest absolute Gasteiger partial charge is 0.298 e. The lowest BCUT2D eigenvalue weighted by Crippen LogP contribution is -2.52. The van der Waals surface area contributed by atoms with Crippen LogP contribution in [0.25, 0.3) is 10.8 Å². The van der Waals surface area contributed by atoms with Crippen molar-refractivity contribution >= 4 is 20.8 Å². The van der Waals surface area contributed by atoms with Crippen LogP contribution in [0.5, 0.6) is 0 Å². The van der Waals surface area contributed by atoms with Crippen molar-refractivity contribution in [3.63, 3.8) is 0 Å². The first-order valence-corrected chi connectivity index (χ1v) is 11.2. The van der Waals surface area contributed by atoms with Crippen LogP contribution in [-0.2, 0) is 10.0 Å². The molecule has 1 aliphatic carbocycles. The maximum atomic E-state index is 13.1. The van der Waals surface area contributed by atoms with Gasteiger partial charge in [-0.15, -0.1) is 0 Å². The van der Waals surface area contributed by atoms with Crippen LogP contribution in [-0.4, -0.2) is 49.8 Å². The van der Waals surface area contributed by atoms with E-state index in [4.69, 9.17) is 0 Å². The Morgan fingerprint density at radius 2 is 1.65 bits per heavy atom. The van der Waals surface area contributed by atoms with Crippen molar-refractivity contribution in [2.75, 3.05) is 26.2 Å². The van der Waals surface area contributed by atoms with Crippen LogP contribution in [0.4, 0.5) is 0 Å². The molecule has 4 nitrogen and oxygen atoms in total. The highest BCUT2D eigenvalue weighted by atomic mass is 32.2. The minimum Gasteiger partial charge on any atom is -0.298 e. The molecular weight excluding hydrogens is 344 g/mol. The molecule has 26 heavy (non-hydrogen) atoms. The summed E-state index contributed by atoms with van der Waals surface area (Å²) in [5, 5.41) is 2.05. The van der Waals surface area contributed by atoms with Crippen molar-refractivity contribution in [2.24, 2.45) is 5.92 Å². The molecule has 2 aromatic carbocycles. The van der Waals surface area contributed by atoms with Crippen molar-refractivity contribution in [3.05, 3.63) is 42.5 Å². The standard InChI is InChI=1S/C21H28N2O2S/c1-17-5-4-8-20(15-17)22-11-13-23(14-12-22)26(24,25)21-10-9-18-6-2-3-7-19(18)16-21/h2-3,6-7,9-10,16-17,20H,4-5,8,11-15H2,1H3. The average Bonchev–Trinajstić information content (AvgIpc) is 2.67. The van der Waals surface area contributed by atoms with Gasteiger partial charge in [-0.3, -0.25) is 4.90 Å². The molecule has 0 aromatic heterocycles. The topological polar surface area (TPSA) is 40.6 Å². The van der Waals surface area contributed by atoms with Gasteiger partial charge in [0.2, 0.25) is 10.0 Å². The van der Waals surface area contributed by atoms with Gasteiger partial charge in [0.05, 0.1) is 4.90 Å². The molecule has 0 amide bonds. The third kappa shape index (κ3) is 3.53. The molecule has 5 heteroatoms. The van der Waals surface area contributed by atoms with Gasteiger partial charge < -0.3 is 0 Å². The van der Waals surface area contributed by atoms with E-state index in [0.717, 1.165) is 29.8 Å². The first kappa shape index (κ1) is 18.0. The summed E-state index contributed by atoms with van der Waals surface area (Å²) in [6.45, 7) is 5.24. The maximum absolute atomic E-state index is 13.1. The van der Waals surface area contributed by atoms with E-state index in [0.29, 0.717) is 24.0 Å². The number of fused-ring (bicyclic) bond motifs is 1. The third-order valence-electron chi connectivity index (χ3n) is 6.06. The van der Waals surface area contributed by atoms with E-state index in [1.54, 1.807) is 16.4 Å². The molecule has 1 aliphatic heterocycles. The van der Waals surface area contributed by atoms with Gasteiger partial charge in [-0.05, 0) is 41.7 Å². The van der Waals surface area contributed by atoms with Gasteiger partial charge in [0.25, 0.3) is 0 Å². The summed E-state index contributed by atoms with van der Waals surface area (Å²) in [4.78, 5) is 2.93. The molecule has 4 rings (SSSR count). The zero-order valence-electron chi connectivity index (χ0n) is 15.5. The van der Waals surface area contributed by atoms with Crippen LogP contribution in [0.2, 0.25) is 0 Å². The Hall–Kier alpha value is -1.43. The molecule has 2 fully saturated rings. The SMILES string of the molecule is CC1CCCC(N2CCN(S(=O)(=O)c3ccc4ccccc4c3)CC2)C1. The summed E-state index contributed by atoms with van der Waals surface area (Å²) < 4.78 is 27.8. The second kappa shape index (κ2) is 7.29. The van der Waals surface area contributed by atoms with Crippen molar-refractivity contribution in [3.8, 4) is 0 Å². The van der Waals surface area contributed by atoms with E-state index in [2.05, 4.69) is 11.8 Å². The first-order chi connectivity index (χ1) is 12.5.